The molecule has 10 nitrogen and oxygen atoms in total. The predicted octanol–water partition coefficient (Wildman–Crippen LogP) is 3.89. The first-order chi connectivity index (χ1) is 16.7. The zero-order valence-corrected chi connectivity index (χ0v) is 21.4. The monoisotopic (exact) mass is 554 g/mol. The van der Waals surface area contributed by atoms with E-state index in [0.717, 1.165) is 5.69 Å². The van der Waals surface area contributed by atoms with Gasteiger partial charge in [-0.3, -0.25) is 9.59 Å². The highest BCUT2D eigenvalue weighted by Crippen LogP contribution is 2.56. The topological polar surface area (TPSA) is 122 Å². The molecule has 0 fully saturated rings. The summed E-state index contributed by atoms with van der Waals surface area (Å²) in [6, 6.07) is 3.56. The van der Waals surface area contributed by atoms with Gasteiger partial charge in [0.1, 0.15) is 23.1 Å². The van der Waals surface area contributed by atoms with E-state index >= 15 is 0 Å². The van der Waals surface area contributed by atoms with E-state index in [-0.39, 0.29) is 24.2 Å². The van der Waals surface area contributed by atoms with Crippen molar-refractivity contribution in [1.82, 2.24) is 29.7 Å². The Bertz CT molecular complexity index is 1560. The summed E-state index contributed by atoms with van der Waals surface area (Å²) < 4.78 is 2.25. The number of imidazole rings is 1. The normalized spacial score (nSPS) is 19.1. The third-order valence-corrected chi connectivity index (χ3v) is 7.31. The highest BCUT2D eigenvalue weighted by molar-refractivity contribution is 9.10. The van der Waals surface area contributed by atoms with Crippen molar-refractivity contribution in [3.8, 4) is 5.82 Å². The predicted molar refractivity (Wildman–Crippen MR) is 134 cm³/mol. The molecule has 1 atom stereocenters. The van der Waals surface area contributed by atoms with Gasteiger partial charge in [-0.1, -0.05) is 25.4 Å². The summed E-state index contributed by atoms with van der Waals surface area (Å²) in [5, 5.41) is 8.15. The first-order valence-electron chi connectivity index (χ1n) is 11.1. The number of aryl methyl sites for hydroxylation is 1. The van der Waals surface area contributed by atoms with Crippen LogP contribution in [0.5, 0.6) is 0 Å². The van der Waals surface area contributed by atoms with E-state index in [1.165, 1.54) is 12.7 Å². The summed E-state index contributed by atoms with van der Waals surface area (Å²) in [4.78, 5) is 45.1. The van der Waals surface area contributed by atoms with Crippen LogP contribution in [0.2, 0.25) is 5.02 Å². The number of rotatable bonds is 3. The zero-order chi connectivity index (χ0) is 24.6. The third kappa shape index (κ3) is 3.00. The average Bonchev–Trinajstić information content (AvgIpc) is 3.45. The molecule has 5 heterocycles. The zero-order valence-electron chi connectivity index (χ0n) is 19.1. The number of carbonyl (C=O) groups is 2. The molecule has 1 aromatic carbocycles. The second kappa shape index (κ2) is 7.59. The van der Waals surface area contributed by atoms with Gasteiger partial charge in [0.15, 0.2) is 11.5 Å². The van der Waals surface area contributed by atoms with Gasteiger partial charge in [0.05, 0.1) is 17.7 Å². The molecule has 0 bridgehead atoms. The fraction of sp³-hybridized carbons (Fsp3) is 0.304. The van der Waals surface area contributed by atoms with E-state index in [4.69, 9.17) is 16.7 Å². The first-order valence-corrected chi connectivity index (χ1v) is 12.3. The molecule has 1 unspecified atom stereocenters. The van der Waals surface area contributed by atoms with Crippen molar-refractivity contribution in [2.75, 3.05) is 16.8 Å². The Morgan fingerprint density at radius 3 is 2.80 bits per heavy atom. The molecular formula is C23H20BrClN8O2. The van der Waals surface area contributed by atoms with E-state index in [9.17, 15) is 9.59 Å². The molecule has 6 rings (SSSR count). The Labute approximate surface area is 213 Å². The van der Waals surface area contributed by atoms with Gasteiger partial charge in [0, 0.05) is 28.0 Å². The maximum absolute atomic E-state index is 14.3. The highest BCUT2D eigenvalue weighted by atomic mass is 79.9. The Morgan fingerprint density at radius 1 is 1.23 bits per heavy atom. The second-order valence-electron chi connectivity index (χ2n) is 9.24. The Hall–Kier alpha value is -3.31. The molecule has 2 amide bonds. The minimum Gasteiger partial charge on any atom is -0.340 e. The van der Waals surface area contributed by atoms with Crippen LogP contribution in [0, 0.1) is 12.8 Å². The maximum atomic E-state index is 14.3. The van der Waals surface area contributed by atoms with Crippen molar-refractivity contribution < 1.29 is 9.59 Å². The molecule has 0 aliphatic carbocycles. The van der Waals surface area contributed by atoms with Gasteiger partial charge in [-0.25, -0.2) is 15.0 Å². The molecule has 12 heteroatoms. The number of aromatic amines is 1. The lowest BCUT2D eigenvalue weighted by atomic mass is 9.70. The third-order valence-electron chi connectivity index (χ3n) is 6.49. The highest BCUT2D eigenvalue weighted by Gasteiger charge is 2.58. The fourth-order valence-corrected chi connectivity index (χ4v) is 6.31. The Balaban J connectivity index is 1.67. The quantitative estimate of drug-likeness (QED) is 0.396. The number of amides is 2. The molecule has 35 heavy (non-hydrogen) atoms. The van der Waals surface area contributed by atoms with Crippen molar-refractivity contribution in [3.63, 3.8) is 0 Å². The van der Waals surface area contributed by atoms with Gasteiger partial charge >= 0.3 is 0 Å². The van der Waals surface area contributed by atoms with Crippen LogP contribution in [0.3, 0.4) is 0 Å². The van der Waals surface area contributed by atoms with Crippen LogP contribution >= 0.6 is 27.5 Å². The van der Waals surface area contributed by atoms with E-state index in [1.807, 2.05) is 6.92 Å². The van der Waals surface area contributed by atoms with Crippen molar-refractivity contribution in [1.29, 1.82) is 0 Å². The van der Waals surface area contributed by atoms with Crippen molar-refractivity contribution in [2.45, 2.75) is 32.6 Å². The van der Waals surface area contributed by atoms with E-state index in [1.54, 1.807) is 21.7 Å². The van der Waals surface area contributed by atoms with Crippen molar-refractivity contribution in [2.24, 2.45) is 5.92 Å². The fourth-order valence-electron chi connectivity index (χ4n) is 5.29. The van der Waals surface area contributed by atoms with Crippen LogP contribution in [-0.2, 0) is 15.0 Å². The number of halogens is 2. The molecular weight excluding hydrogens is 536 g/mol. The number of nitrogens with one attached hydrogen (secondary N) is 2. The van der Waals surface area contributed by atoms with Gasteiger partial charge < -0.3 is 15.2 Å². The van der Waals surface area contributed by atoms with Crippen LogP contribution in [0.15, 0.2) is 29.3 Å². The number of fused-ring (bicyclic) bond motifs is 5. The Kier molecular flexibility index (Phi) is 4.81. The number of nitrogens with zero attached hydrogens (tertiary/aromatic N) is 6. The molecule has 0 radical (unpaired) electrons. The average molecular weight is 556 g/mol. The van der Waals surface area contributed by atoms with E-state index in [2.05, 4.69) is 55.0 Å². The molecule has 2 N–H and O–H groups in total. The SMILES string of the molecule is Cc1nn(-c2ncnc3nc[nH]c23)c2c1C1(CC(=O)N2)C(=O)N(CC(C)C)c2c(Br)cc(Cl)cc21. The van der Waals surface area contributed by atoms with Gasteiger partial charge in [-0.05, 0) is 46.5 Å². The number of benzene rings is 1. The summed E-state index contributed by atoms with van der Waals surface area (Å²) in [5.41, 5.74) is 2.43. The summed E-state index contributed by atoms with van der Waals surface area (Å²) in [6.07, 6.45) is 2.86. The lowest BCUT2D eigenvalue weighted by Gasteiger charge is -2.33. The van der Waals surface area contributed by atoms with Gasteiger partial charge in [-0.2, -0.15) is 9.78 Å². The number of hydrogen-bond donors (Lipinski definition) is 2. The van der Waals surface area contributed by atoms with Crippen molar-refractivity contribution >= 4 is 62.0 Å². The van der Waals surface area contributed by atoms with Crippen LogP contribution in [0.1, 0.15) is 37.1 Å². The van der Waals surface area contributed by atoms with Crippen LogP contribution in [0.4, 0.5) is 11.5 Å². The molecule has 178 valence electrons. The lowest BCUT2D eigenvalue weighted by molar-refractivity contribution is -0.126. The summed E-state index contributed by atoms with van der Waals surface area (Å²) in [7, 11) is 0. The molecule has 4 aromatic rings. The number of hydrogen-bond acceptors (Lipinski definition) is 6. The second-order valence-corrected chi connectivity index (χ2v) is 10.5. The van der Waals surface area contributed by atoms with Crippen LogP contribution in [-0.4, -0.2) is 48.1 Å². The summed E-state index contributed by atoms with van der Waals surface area (Å²) in [5.74, 6) is 0.564. The maximum Gasteiger partial charge on any atom is 0.242 e. The summed E-state index contributed by atoms with van der Waals surface area (Å²) in [6.45, 7) is 6.43. The van der Waals surface area contributed by atoms with Crippen LogP contribution in [0.25, 0.3) is 17.0 Å². The first kappa shape index (κ1) is 22.2. The standard InChI is InChI=1S/C23H20BrClN8O2/c1-10(2)7-32-18-13(4-12(25)5-14(18)24)23(22(32)35)6-15(34)30-20-16(23)11(3)31-33(20)21-17-19(27-8-26-17)28-9-29-21/h4-5,8-10H,6-7H2,1-3H3,(H,30,34)(H,26,27,28,29). The molecule has 2 aliphatic heterocycles. The molecule has 3 aromatic heterocycles. The molecule has 1 spiro atoms. The molecule has 0 saturated carbocycles. The van der Waals surface area contributed by atoms with Crippen LogP contribution < -0.4 is 10.2 Å². The molecule has 2 aliphatic rings. The minimum atomic E-state index is -1.27. The Morgan fingerprint density at radius 2 is 2.03 bits per heavy atom. The van der Waals surface area contributed by atoms with E-state index in [0.29, 0.717) is 55.7 Å². The largest absolute Gasteiger partial charge is 0.340 e. The van der Waals surface area contributed by atoms with E-state index < -0.39 is 5.41 Å². The van der Waals surface area contributed by atoms with Gasteiger partial charge in [0.2, 0.25) is 11.8 Å². The summed E-state index contributed by atoms with van der Waals surface area (Å²) >= 11 is 10.1. The van der Waals surface area contributed by atoms with Gasteiger partial charge in [0.25, 0.3) is 0 Å². The smallest absolute Gasteiger partial charge is 0.242 e. The number of carbonyl (C=O) groups excluding carboxylic acids is 2. The van der Waals surface area contributed by atoms with Crippen molar-refractivity contribution in [3.05, 3.63) is 51.1 Å². The number of H-pyrrole nitrogens is 1. The van der Waals surface area contributed by atoms with Gasteiger partial charge in [-0.15, -0.1) is 0 Å². The number of aromatic nitrogens is 6. The minimum absolute atomic E-state index is 0.0526. The number of anilines is 2. The lowest BCUT2D eigenvalue weighted by Crippen LogP contribution is -2.47. The molecule has 0 saturated heterocycles.